The van der Waals surface area contributed by atoms with E-state index in [1.54, 1.807) is 12.1 Å². The summed E-state index contributed by atoms with van der Waals surface area (Å²) in [6, 6.07) is 7.27. The molecule has 5 heteroatoms. The zero-order chi connectivity index (χ0) is 13.1. The van der Waals surface area contributed by atoms with Gasteiger partial charge in [-0.15, -0.1) is 0 Å². The maximum absolute atomic E-state index is 11.9. The van der Waals surface area contributed by atoms with Gasteiger partial charge in [0.2, 0.25) is 5.96 Å². The van der Waals surface area contributed by atoms with E-state index in [4.69, 9.17) is 11.6 Å². The molecule has 0 spiro atoms. The number of amides is 1. The van der Waals surface area contributed by atoms with Crippen molar-refractivity contribution in [2.45, 2.75) is 6.42 Å². The standard InChI is InChI=1S/C13H16ClN3O/c1-16-7-8-17(2)13(16)15-12(18)9-10-3-5-11(14)6-4-10/h3-6H,7-9H2,1-2H3. The molecule has 1 amide bonds. The van der Waals surface area contributed by atoms with E-state index in [1.807, 2.05) is 36.0 Å². The molecule has 1 heterocycles. The van der Waals surface area contributed by atoms with Crippen molar-refractivity contribution in [3.63, 3.8) is 0 Å². The molecule has 0 aliphatic carbocycles. The molecule has 0 atom stereocenters. The summed E-state index contributed by atoms with van der Waals surface area (Å²) in [6.45, 7) is 1.81. The lowest BCUT2D eigenvalue weighted by Gasteiger charge is -2.14. The number of guanidine groups is 1. The number of hydrogen-bond acceptors (Lipinski definition) is 1. The van der Waals surface area contributed by atoms with Crippen LogP contribution in [0.25, 0.3) is 0 Å². The SMILES string of the molecule is CN1CCN(C)C1=NC(=O)Cc1ccc(Cl)cc1. The summed E-state index contributed by atoms with van der Waals surface area (Å²) in [4.78, 5) is 20.0. The summed E-state index contributed by atoms with van der Waals surface area (Å²) in [6.07, 6.45) is 0.308. The highest BCUT2D eigenvalue weighted by Gasteiger charge is 2.20. The number of rotatable bonds is 2. The van der Waals surface area contributed by atoms with E-state index in [-0.39, 0.29) is 5.91 Å². The third-order valence-corrected chi connectivity index (χ3v) is 3.20. The Morgan fingerprint density at radius 2 is 1.78 bits per heavy atom. The third kappa shape index (κ3) is 3.01. The van der Waals surface area contributed by atoms with Gasteiger partial charge >= 0.3 is 0 Å². The fraction of sp³-hybridized carbons (Fsp3) is 0.385. The van der Waals surface area contributed by atoms with Crippen molar-refractivity contribution in [2.75, 3.05) is 27.2 Å². The van der Waals surface area contributed by atoms with Gasteiger partial charge in [-0.1, -0.05) is 23.7 Å². The number of likely N-dealkylation sites (N-methyl/N-ethyl adjacent to an activating group) is 2. The molecule has 1 aliphatic rings. The minimum atomic E-state index is -0.132. The molecule has 18 heavy (non-hydrogen) atoms. The van der Waals surface area contributed by atoms with Crippen LogP contribution in [-0.2, 0) is 11.2 Å². The van der Waals surface area contributed by atoms with E-state index in [0.29, 0.717) is 11.4 Å². The van der Waals surface area contributed by atoms with Crippen LogP contribution in [0.3, 0.4) is 0 Å². The Balaban J connectivity index is 2.04. The summed E-state index contributed by atoms with van der Waals surface area (Å²) < 4.78 is 0. The number of aliphatic imine (C=N–C) groups is 1. The van der Waals surface area contributed by atoms with E-state index in [2.05, 4.69) is 4.99 Å². The molecule has 0 saturated carbocycles. The molecule has 1 aromatic carbocycles. The first-order valence-electron chi connectivity index (χ1n) is 5.84. The van der Waals surface area contributed by atoms with Gasteiger partial charge in [0, 0.05) is 32.2 Å². The van der Waals surface area contributed by atoms with Gasteiger partial charge in [-0.2, -0.15) is 4.99 Å². The highest BCUT2D eigenvalue weighted by Crippen LogP contribution is 2.11. The van der Waals surface area contributed by atoms with Crippen LogP contribution in [-0.4, -0.2) is 48.9 Å². The molecule has 0 unspecified atom stereocenters. The third-order valence-electron chi connectivity index (χ3n) is 2.95. The van der Waals surface area contributed by atoms with Crippen molar-refractivity contribution >= 4 is 23.5 Å². The van der Waals surface area contributed by atoms with E-state index in [0.717, 1.165) is 24.6 Å². The number of carbonyl (C=O) groups is 1. The summed E-state index contributed by atoms with van der Waals surface area (Å²) >= 11 is 5.80. The number of carbonyl (C=O) groups excluding carboxylic acids is 1. The number of nitrogens with zero attached hydrogens (tertiary/aromatic N) is 3. The van der Waals surface area contributed by atoms with E-state index < -0.39 is 0 Å². The quantitative estimate of drug-likeness (QED) is 0.816. The number of halogens is 1. The first-order chi connectivity index (χ1) is 8.56. The van der Waals surface area contributed by atoms with Crippen molar-refractivity contribution in [3.05, 3.63) is 34.9 Å². The monoisotopic (exact) mass is 265 g/mol. The van der Waals surface area contributed by atoms with Crippen LogP contribution in [0.15, 0.2) is 29.3 Å². The van der Waals surface area contributed by atoms with E-state index >= 15 is 0 Å². The van der Waals surface area contributed by atoms with Crippen molar-refractivity contribution in [2.24, 2.45) is 4.99 Å². The van der Waals surface area contributed by atoms with Crippen molar-refractivity contribution in [3.8, 4) is 0 Å². The molecule has 2 rings (SSSR count). The van der Waals surface area contributed by atoms with E-state index in [9.17, 15) is 4.79 Å². The zero-order valence-electron chi connectivity index (χ0n) is 10.6. The van der Waals surface area contributed by atoms with Gasteiger partial charge in [-0.3, -0.25) is 4.79 Å². The minimum Gasteiger partial charge on any atom is -0.344 e. The average Bonchev–Trinajstić information content (AvgIpc) is 2.64. The molecular weight excluding hydrogens is 250 g/mol. The van der Waals surface area contributed by atoms with Crippen LogP contribution < -0.4 is 0 Å². The first kappa shape index (κ1) is 12.9. The lowest BCUT2D eigenvalue weighted by molar-refractivity contribution is -0.117. The van der Waals surface area contributed by atoms with Crippen molar-refractivity contribution < 1.29 is 4.79 Å². The summed E-state index contributed by atoms with van der Waals surface area (Å²) in [7, 11) is 3.88. The second-order valence-electron chi connectivity index (χ2n) is 4.45. The lowest BCUT2D eigenvalue weighted by Crippen LogP contribution is -2.29. The van der Waals surface area contributed by atoms with E-state index in [1.165, 1.54) is 0 Å². The molecule has 0 bridgehead atoms. The van der Waals surface area contributed by atoms with Crippen molar-refractivity contribution in [1.29, 1.82) is 0 Å². The normalized spacial score (nSPS) is 15.2. The molecule has 1 aliphatic heterocycles. The molecule has 0 radical (unpaired) electrons. The molecular formula is C13H16ClN3O. The molecule has 0 N–H and O–H groups in total. The number of hydrogen-bond donors (Lipinski definition) is 0. The molecule has 4 nitrogen and oxygen atoms in total. The maximum Gasteiger partial charge on any atom is 0.253 e. The Morgan fingerprint density at radius 3 is 2.33 bits per heavy atom. The molecule has 1 fully saturated rings. The molecule has 1 saturated heterocycles. The predicted molar refractivity (Wildman–Crippen MR) is 72.9 cm³/mol. The van der Waals surface area contributed by atoms with Gasteiger partial charge in [-0.25, -0.2) is 0 Å². The molecule has 96 valence electrons. The average molecular weight is 266 g/mol. The summed E-state index contributed by atoms with van der Waals surface area (Å²) in [5.74, 6) is 0.613. The first-order valence-corrected chi connectivity index (χ1v) is 6.22. The largest absolute Gasteiger partial charge is 0.344 e. The summed E-state index contributed by atoms with van der Waals surface area (Å²) in [5, 5.41) is 0.674. The van der Waals surface area contributed by atoms with Crippen molar-refractivity contribution in [1.82, 2.24) is 9.80 Å². The van der Waals surface area contributed by atoms with Gasteiger partial charge in [0.25, 0.3) is 5.91 Å². The highest BCUT2D eigenvalue weighted by atomic mass is 35.5. The predicted octanol–water partition coefficient (Wildman–Crippen LogP) is 1.64. The van der Waals surface area contributed by atoms with Crippen LogP contribution >= 0.6 is 11.6 Å². The lowest BCUT2D eigenvalue weighted by atomic mass is 10.1. The molecule has 1 aromatic rings. The Labute approximate surface area is 112 Å². The Bertz CT molecular complexity index is 458. The van der Waals surface area contributed by atoms with Crippen LogP contribution in [0.4, 0.5) is 0 Å². The van der Waals surface area contributed by atoms with Crippen LogP contribution in [0.5, 0.6) is 0 Å². The second-order valence-corrected chi connectivity index (χ2v) is 4.89. The van der Waals surface area contributed by atoms with Gasteiger partial charge < -0.3 is 9.80 Å². The van der Waals surface area contributed by atoms with Gasteiger partial charge in [0.15, 0.2) is 0 Å². The van der Waals surface area contributed by atoms with Gasteiger partial charge in [-0.05, 0) is 17.7 Å². The Morgan fingerprint density at radius 1 is 1.22 bits per heavy atom. The Hall–Kier alpha value is -1.55. The molecule has 0 aromatic heterocycles. The maximum atomic E-state index is 11.9. The second kappa shape index (κ2) is 5.40. The zero-order valence-corrected chi connectivity index (χ0v) is 11.3. The highest BCUT2D eigenvalue weighted by molar-refractivity contribution is 6.30. The van der Waals surface area contributed by atoms with Crippen LogP contribution in [0, 0.1) is 0 Å². The smallest absolute Gasteiger partial charge is 0.253 e. The Kier molecular flexibility index (Phi) is 3.87. The topological polar surface area (TPSA) is 35.9 Å². The van der Waals surface area contributed by atoms with Crippen LogP contribution in [0.1, 0.15) is 5.56 Å². The van der Waals surface area contributed by atoms with Gasteiger partial charge in [0.1, 0.15) is 0 Å². The van der Waals surface area contributed by atoms with Crippen LogP contribution in [0.2, 0.25) is 5.02 Å². The fourth-order valence-electron chi connectivity index (χ4n) is 1.89. The number of benzene rings is 1. The minimum absolute atomic E-state index is 0.132. The fourth-order valence-corrected chi connectivity index (χ4v) is 2.02. The van der Waals surface area contributed by atoms with Gasteiger partial charge in [0.05, 0.1) is 6.42 Å². The summed E-state index contributed by atoms with van der Waals surface area (Å²) in [5.41, 5.74) is 0.928.